The highest BCUT2D eigenvalue weighted by Crippen LogP contribution is 2.35. The fourth-order valence-electron chi connectivity index (χ4n) is 5.11. The highest BCUT2D eigenvalue weighted by Gasteiger charge is 2.31. The molecule has 8 nitrogen and oxygen atoms in total. The molecule has 8 heteroatoms. The largest absolute Gasteiger partial charge is 0.465 e. The Morgan fingerprint density at radius 1 is 0.837 bits per heavy atom. The zero-order valence-corrected chi connectivity index (χ0v) is 24.4. The predicted molar refractivity (Wildman–Crippen MR) is 167 cm³/mol. The Hall–Kier alpha value is -5.24. The van der Waals surface area contributed by atoms with E-state index in [-0.39, 0.29) is 43.8 Å². The van der Waals surface area contributed by atoms with Crippen LogP contribution in [0.3, 0.4) is 0 Å². The van der Waals surface area contributed by atoms with E-state index in [0.29, 0.717) is 28.2 Å². The summed E-state index contributed by atoms with van der Waals surface area (Å²) in [6.45, 7) is 5.75. The van der Waals surface area contributed by atoms with Gasteiger partial charge in [-0.25, -0.2) is 0 Å². The summed E-state index contributed by atoms with van der Waals surface area (Å²) in [7, 11) is 0. The number of carbonyl (C=O) groups excluding carboxylic acids is 4. The highest BCUT2D eigenvalue weighted by atomic mass is 16.5. The number of anilines is 3. The van der Waals surface area contributed by atoms with Gasteiger partial charge in [-0.1, -0.05) is 54.1 Å². The summed E-state index contributed by atoms with van der Waals surface area (Å²) in [6, 6.07) is 27.6. The maximum atomic E-state index is 13.7. The summed E-state index contributed by atoms with van der Waals surface area (Å²) >= 11 is 0. The van der Waals surface area contributed by atoms with Gasteiger partial charge < -0.3 is 15.0 Å². The van der Waals surface area contributed by atoms with Gasteiger partial charge in [-0.3, -0.25) is 24.1 Å². The molecule has 0 radical (unpaired) electrons. The molecule has 218 valence electrons. The monoisotopic (exact) mass is 575 g/mol. The smallest absolute Gasteiger partial charge is 0.326 e. The Labute approximate surface area is 250 Å². The molecule has 1 aliphatic rings. The fraction of sp³-hybridized carbons (Fsp3) is 0.200. The van der Waals surface area contributed by atoms with Gasteiger partial charge in [0, 0.05) is 29.8 Å². The van der Waals surface area contributed by atoms with Crippen LogP contribution in [0.2, 0.25) is 0 Å². The molecule has 0 saturated heterocycles. The van der Waals surface area contributed by atoms with E-state index in [9.17, 15) is 19.2 Å². The van der Waals surface area contributed by atoms with E-state index < -0.39 is 5.97 Å². The summed E-state index contributed by atoms with van der Waals surface area (Å²) in [4.78, 5) is 55.3. The van der Waals surface area contributed by atoms with Gasteiger partial charge in [0.15, 0.2) is 0 Å². The van der Waals surface area contributed by atoms with Crippen LogP contribution < -0.4 is 15.1 Å². The molecule has 0 fully saturated rings. The van der Waals surface area contributed by atoms with Crippen molar-refractivity contribution in [3.8, 4) is 11.1 Å². The molecule has 0 saturated carbocycles. The lowest BCUT2D eigenvalue weighted by Crippen LogP contribution is -2.36. The van der Waals surface area contributed by atoms with Gasteiger partial charge in [0.05, 0.1) is 18.0 Å². The molecule has 0 aliphatic carbocycles. The molecule has 1 N–H and O–H groups in total. The summed E-state index contributed by atoms with van der Waals surface area (Å²) in [5, 5.41) is 2.94. The van der Waals surface area contributed by atoms with E-state index in [4.69, 9.17) is 4.74 Å². The van der Waals surface area contributed by atoms with Gasteiger partial charge in [0.25, 0.3) is 11.8 Å². The minimum atomic E-state index is -0.512. The van der Waals surface area contributed by atoms with Gasteiger partial charge >= 0.3 is 5.97 Å². The Morgan fingerprint density at radius 3 is 2.26 bits per heavy atom. The molecule has 3 amide bonds. The first kappa shape index (κ1) is 29.3. The van der Waals surface area contributed by atoms with Gasteiger partial charge in [0.1, 0.15) is 6.54 Å². The molecule has 0 atom stereocenters. The number of hydrogen-bond donors (Lipinski definition) is 1. The normalized spacial score (nSPS) is 12.8. The number of amides is 3. The zero-order chi connectivity index (χ0) is 30.5. The number of benzene rings is 4. The highest BCUT2D eigenvalue weighted by molar-refractivity contribution is 6.12. The maximum absolute atomic E-state index is 13.7. The first-order chi connectivity index (χ1) is 20.7. The molecule has 4 aromatic rings. The van der Waals surface area contributed by atoms with Gasteiger partial charge in [-0.15, -0.1) is 0 Å². The number of aryl methyl sites for hydroxylation is 2. The Bertz CT molecular complexity index is 1680. The van der Waals surface area contributed by atoms with E-state index in [1.54, 1.807) is 54.3 Å². The number of rotatable bonds is 7. The van der Waals surface area contributed by atoms with Crippen molar-refractivity contribution in [2.45, 2.75) is 27.2 Å². The Kier molecular flexibility index (Phi) is 8.66. The molecule has 0 spiro atoms. The molecule has 1 aliphatic heterocycles. The van der Waals surface area contributed by atoms with Crippen molar-refractivity contribution in [1.29, 1.82) is 0 Å². The van der Waals surface area contributed by atoms with E-state index in [1.165, 1.54) is 4.90 Å². The number of fused-ring (bicyclic) bond motifs is 1. The average Bonchev–Trinajstić information content (AvgIpc) is 3.13. The molecule has 4 aromatic carbocycles. The van der Waals surface area contributed by atoms with Crippen molar-refractivity contribution in [3.05, 3.63) is 113 Å². The molecule has 0 unspecified atom stereocenters. The van der Waals surface area contributed by atoms with Crippen molar-refractivity contribution in [2.75, 3.05) is 34.8 Å². The van der Waals surface area contributed by atoms with Crippen molar-refractivity contribution >= 4 is 40.8 Å². The first-order valence-corrected chi connectivity index (χ1v) is 14.2. The standard InChI is InChI=1S/C35H33N3O5/c1-4-43-33(40)22-38-31-21-24(3)11-18-30(31)37(20-19-32(38)39)35(42)26-14-16-27(17-15-26)36-34(41)29-8-6-5-7-28(29)25-12-9-23(2)10-13-25/h5-18,21H,4,19-20,22H2,1-3H3,(H,36,41). The number of nitrogens with zero attached hydrogens (tertiary/aromatic N) is 2. The van der Waals surface area contributed by atoms with Crippen molar-refractivity contribution in [1.82, 2.24) is 0 Å². The summed E-state index contributed by atoms with van der Waals surface area (Å²) < 4.78 is 5.08. The predicted octanol–water partition coefficient (Wildman–Crippen LogP) is 6.17. The third-order valence-electron chi connectivity index (χ3n) is 7.32. The van der Waals surface area contributed by atoms with E-state index >= 15 is 0 Å². The van der Waals surface area contributed by atoms with Gasteiger partial charge in [0.2, 0.25) is 5.91 Å². The summed E-state index contributed by atoms with van der Waals surface area (Å²) in [5.74, 6) is -1.33. The quantitative estimate of drug-likeness (QED) is 0.266. The molecule has 1 heterocycles. The lowest BCUT2D eigenvalue weighted by molar-refractivity contribution is -0.142. The molecule has 5 rings (SSSR count). The number of nitrogens with one attached hydrogen (secondary N) is 1. The minimum absolute atomic E-state index is 0.0490. The molecular weight excluding hydrogens is 542 g/mol. The first-order valence-electron chi connectivity index (χ1n) is 14.2. The minimum Gasteiger partial charge on any atom is -0.465 e. The van der Waals surface area contributed by atoms with Crippen LogP contribution in [0.5, 0.6) is 0 Å². The van der Waals surface area contributed by atoms with E-state index in [1.807, 2.05) is 62.4 Å². The molecular formula is C35H33N3O5. The molecule has 0 aromatic heterocycles. The zero-order valence-electron chi connectivity index (χ0n) is 24.4. The Balaban J connectivity index is 1.36. The molecule has 43 heavy (non-hydrogen) atoms. The van der Waals surface area contributed by atoms with Crippen LogP contribution in [0, 0.1) is 13.8 Å². The topological polar surface area (TPSA) is 96.0 Å². The number of esters is 1. The second-order valence-electron chi connectivity index (χ2n) is 10.4. The number of ether oxygens (including phenoxy) is 1. The summed E-state index contributed by atoms with van der Waals surface area (Å²) in [5.41, 5.74) is 6.31. The number of hydrogen-bond acceptors (Lipinski definition) is 5. The van der Waals surface area contributed by atoms with Crippen LogP contribution in [0.15, 0.2) is 91.0 Å². The fourth-order valence-corrected chi connectivity index (χ4v) is 5.11. The summed E-state index contributed by atoms with van der Waals surface area (Å²) in [6.07, 6.45) is 0.0490. The lowest BCUT2D eigenvalue weighted by Gasteiger charge is -2.25. The Morgan fingerprint density at radius 2 is 1.53 bits per heavy atom. The maximum Gasteiger partial charge on any atom is 0.326 e. The van der Waals surface area contributed by atoms with Crippen molar-refractivity contribution in [3.63, 3.8) is 0 Å². The van der Waals surface area contributed by atoms with E-state index in [0.717, 1.165) is 22.3 Å². The van der Waals surface area contributed by atoms with Gasteiger partial charge in [-0.2, -0.15) is 0 Å². The third kappa shape index (κ3) is 6.48. The average molecular weight is 576 g/mol. The van der Waals surface area contributed by atoms with Gasteiger partial charge in [-0.05, 0) is 79.9 Å². The third-order valence-corrected chi connectivity index (χ3v) is 7.32. The van der Waals surface area contributed by atoms with Crippen LogP contribution in [-0.4, -0.2) is 43.4 Å². The van der Waals surface area contributed by atoms with Crippen LogP contribution in [-0.2, 0) is 14.3 Å². The van der Waals surface area contributed by atoms with Crippen molar-refractivity contribution < 1.29 is 23.9 Å². The van der Waals surface area contributed by atoms with Crippen LogP contribution in [0.4, 0.5) is 17.1 Å². The SMILES string of the molecule is CCOC(=O)CN1C(=O)CCN(C(=O)c2ccc(NC(=O)c3ccccc3-c3ccc(C)cc3)cc2)c2ccc(C)cc21. The van der Waals surface area contributed by atoms with Crippen molar-refractivity contribution in [2.24, 2.45) is 0 Å². The van der Waals surface area contributed by atoms with Crippen LogP contribution in [0.1, 0.15) is 45.2 Å². The lowest BCUT2D eigenvalue weighted by atomic mass is 9.98. The second kappa shape index (κ2) is 12.7. The molecule has 0 bridgehead atoms. The van der Waals surface area contributed by atoms with E-state index in [2.05, 4.69) is 5.32 Å². The van der Waals surface area contributed by atoms with Crippen LogP contribution >= 0.6 is 0 Å². The number of carbonyl (C=O) groups is 4. The second-order valence-corrected chi connectivity index (χ2v) is 10.4. The van der Waals surface area contributed by atoms with Crippen LogP contribution in [0.25, 0.3) is 11.1 Å².